The molecular formula is C20H21N3O4. The summed E-state index contributed by atoms with van der Waals surface area (Å²) in [5.41, 5.74) is 0.589. The summed E-state index contributed by atoms with van der Waals surface area (Å²) < 4.78 is 5.72. The number of nitro groups is 1. The molecule has 0 radical (unpaired) electrons. The van der Waals surface area contributed by atoms with Gasteiger partial charge in [0.1, 0.15) is 5.75 Å². The van der Waals surface area contributed by atoms with Crippen molar-refractivity contribution in [1.29, 1.82) is 0 Å². The fourth-order valence-electron chi connectivity index (χ4n) is 4.56. The summed E-state index contributed by atoms with van der Waals surface area (Å²) >= 11 is 0. The Morgan fingerprint density at radius 1 is 1.19 bits per heavy atom. The quantitative estimate of drug-likeness (QED) is 0.640. The average Bonchev–Trinajstić information content (AvgIpc) is 3.11. The van der Waals surface area contributed by atoms with E-state index in [1.54, 1.807) is 24.3 Å². The zero-order valence-electron chi connectivity index (χ0n) is 15.1. The van der Waals surface area contributed by atoms with Crippen molar-refractivity contribution in [1.82, 2.24) is 5.32 Å². The molecular weight excluding hydrogens is 346 g/mol. The minimum Gasteiger partial charge on any atom is -0.494 e. The van der Waals surface area contributed by atoms with Gasteiger partial charge in [-0.15, -0.1) is 0 Å². The molecule has 2 N–H and O–H groups in total. The molecule has 1 fully saturated rings. The third-order valence-corrected chi connectivity index (χ3v) is 5.54. The Morgan fingerprint density at radius 3 is 2.63 bits per heavy atom. The molecule has 0 bridgehead atoms. The number of hydrogen-bond acceptors (Lipinski definition) is 5. The third-order valence-electron chi connectivity index (χ3n) is 5.54. The molecule has 0 aromatic heterocycles. The van der Waals surface area contributed by atoms with E-state index in [9.17, 15) is 14.9 Å². The Morgan fingerprint density at radius 2 is 1.89 bits per heavy atom. The summed E-state index contributed by atoms with van der Waals surface area (Å²) in [4.78, 5) is 24.9. The van der Waals surface area contributed by atoms with Gasteiger partial charge >= 0.3 is 0 Å². The largest absolute Gasteiger partial charge is 0.494 e. The maximum atomic E-state index is 13.0. The lowest BCUT2D eigenvalue weighted by atomic mass is 9.78. The summed E-state index contributed by atoms with van der Waals surface area (Å²) in [6, 6.07) is 13.1. The zero-order valence-corrected chi connectivity index (χ0v) is 15.1. The van der Waals surface area contributed by atoms with Crippen LogP contribution in [0.2, 0.25) is 0 Å². The maximum Gasteiger partial charge on any atom is 0.256 e. The number of nitrogens with one attached hydrogen (secondary N) is 2. The van der Waals surface area contributed by atoms with Gasteiger partial charge in [-0.25, -0.2) is 0 Å². The molecule has 1 amide bonds. The van der Waals surface area contributed by atoms with Gasteiger partial charge in [0.15, 0.2) is 5.54 Å². The molecule has 0 unspecified atom stereocenters. The molecule has 4 atom stereocenters. The first-order valence-corrected chi connectivity index (χ1v) is 9.04. The van der Waals surface area contributed by atoms with Crippen LogP contribution in [0.25, 0.3) is 0 Å². The molecule has 7 nitrogen and oxygen atoms in total. The van der Waals surface area contributed by atoms with Crippen molar-refractivity contribution in [2.24, 2.45) is 0 Å². The second-order valence-corrected chi connectivity index (χ2v) is 6.97. The molecule has 2 aromatic rings. The van der Waals surface area contributed by atoms with Crippen molar-refractivity contribution in [3.63, 3.8) is 0 Å². The van der Waals surface area contributed by atoms with Gasteiger partial charge in [0.25, 0.3) is 11.9 Å². The standard InChI is InChI=1S/C20H21N3O4/c1-3-27-16-11-7-4-8-13(16)17-12(2)22-20(18(17)23(25)26)14-9-5-6-10-15(14)21-19(20)24/h4-12,17-18,22H,3H2,1-2H3,(H,21,24)/t12-,17-,18+,20+/m0/s1. The van der Waals surface area contributed by atoms with Gasteiger partial charge in [0, 0.05) is 27.8 Å². The number of ether oxygens (including phenoxy) is 1. The fraction of sp³-hybridized carbons (Fsp3) is 0.350. The number of rotatable bonds is 4. The highest BCUT2D eigenvalue weighted by Crippen LogP contribution is 2.50. The van der Waals surface area contributed by atoms with E-state index in [1.807, 2.05) is 38.1 Å². The highest BCUT2D eigenvalue weighted by Gasteiger charge is 2.67. The van der Waals surface area contributed by atoms with Gasteiger partial charge in [-0.3, -0.25) is 20.2 Å². The van der Waals surface area contributed by atoms with E-state index in [4.69, 9.17) is 4.74 Å². The second kappa shape index (κ2) is 6.35. The lowest BCUT2D eigenvalue weighted by molar-refractivity contribution is -0.532. The first-order valence-electron chi connectivity index (χ1n) is 9.04. The zero-order chi connectivity index (χ0) is 19.2. The number of hydrogen-bond donors (Lipinski definition) is 2. The van der Waals surface area contributed by atoms with Crippen LogP contribution < -0.4 is 15.4 Å². The monoisotopic (exact) mass is 367 g/mol. The highest BCUT2D eigenvalue weighted by atomic mass is 16.6. The van der Waals surface area contributed by atoms with Gasteiger partial charge < -0.3 is 10.1 Å². The number of anilines is 1. The number of para-hydroxylation sites is 2. The van der Waals surface area contributed by atoms with Crippen LogP contribution in [0.5, 0.6) is 5.75 Å². The topological polar surface area (TPSA) is 93.5 Å². The molecule has 2 aromatic carbocycles. The molecule has 1 spiro atoms. The van der Waals surface area contributed by atoms with E-state index in [0.717, 1.165) is 5.56 Å². The van der Waals surface area contributed by atoms with Crippen LogP contribution >= 0.6 is 0 Å². The van der Waals surface area contributed by atoms with Crippen LogP contribution in [0, 0.1) is 10.1 Å². The number of carbonyl (C=O) groups is 1. The van der Waals surface area contributed by atoms with E-state index in [-0.39, 0.29) is 16.9 Å². The Labute approximate surface area is 156 Å². The summed E-state index contributed by atoms with van der Waals surface area (Å²) in [7, 11) is 0. The van der Waals surface area contributed by atoms with Gasteiger partial charge in [-0.1, -0.05) is 36.4 Å². The van der Waals surface area contributed by atoms with Crippen LogP contribution in [0.4, 0.5) is 5.69 Å². The Bertz CT molecular complexity index is 916. The first kappa shape index (κ1) is 17.5. The SMILES string of the molecule is CCOc1ccccc1[C@@H]1[C@H](C)N[C@@]2(C(=O)Nc3ccccc32)[C@@H]1[N+](=O)[O-]. The van der Waals surface area contributed by atoms with Gasteiger partial charge in [-0.05, 0) is 26.0 Å². The number of nitrogens with zero attached hydrogens (tertiary/aromatic N) is 1. The van der Waals surface area contributed by atoms with Gasteiger partial charge in [0.05, 0.1) is 12.5 Å². The van der Waals surface area contributed by atoms with Crippen LogP contribution in [0.15, 0.2) is 48.5 Å². The predicted molar refractivity (Wildman–Crippen MR) is 100 cm³/mol. The Kier molecular flexibility index (Phi) is 4.11. The molecule has 2 aliphatic rings. The molecule has 4 rings (SSSR count). The fourth-order valence-corrected chi connectivity index (χ4v) is 4.56. The minimum atomic E-state index is -1.40. The van der Waals surface area contributed by atoms with Gasteiger partial charge in [-0.2, -0.15) is 0 Å². The van der Waals surface area contributed by atoms with Crippen molar-refractivity contribution in [2.45, 2.75) is 37.4 Å². The van der Waals surface area contributed by atoms with Crippen molar-refractivity contribution < 1.29 is 14.5 Å². The smallest absolute Gasteiger partial charge is 0.256 e. The predicted octanol–water partition coefficient (Wildman–Crippen LogP) is 2.65. The van der Waals surface area contributed by atoms with E-state index < -0.39 is 17.5 Å². The number of benzene rings is 2. The van der Waals surface area contributed by atoms with Crippen molar-refractivity contribution >= 4 is 11.6 Å². The number of carbonyl (C=O) groups excluding carboxylic acids is 1. The summed E-state index contributed by atoms with van der Waals surface area (Å²) in [5, 5.41) is 18.3. The lowest BCUT2D eigenvalue weighted by Crippen LogP contribution is -2.54. The van der Waals surface area contributed by atoms with E-state index in [2.05, 4.69) is 10.6 Å². The molecule has 0 saturated carbocycles. The number of amides is 1. The van der Waals surface area contributed by atoms with E-state index >= 15 is 0 Å². The molecule has 0 aliphatic carbocycles. The summed E-state index contributed by atoms with van der Waals surface area (Å²) in [6.45, 7) is 4.22. The van der Waals surface area contributed by atoms with Crippen molar-refractivity contribution in [3.8, 4) is 5.75 Å². The maximum absolute atomic E-state index is 13.0. The minimum absolute atomic E-state index is 0.293. The Balaban J connectivity index is 1.90. The summed E-state index contributed by atoms with van der Waals surface area (Å²) in [6.07, 6.45) is 0. The normalized spacial score (nSPS) is 28.8. The van der Waals surface area contributed by atoms with Gasteiger partial charge in [0.2, 0.25) is 0 Å². The average molecular weight is 367 g/mol. The third kappa shape index (κ3) is 2.42. The second-order valence-electron chi connectivity index (χ2n) is 6.97. The molecule has 140 valence electrons. The van der Waals surface area contributed by atoms with Crippen LogP contribution in [-0.4, -0.2) is 29.5 Å². The summed E-state index contributed by atoms with van der Waals surface area (Å²) in [5.74, 6) is -0.275. The van der Waals surface area contributed by atoms with Crippen LogP contribution in [0.3, 0.4) is 0 Å². The molecule has 27 heavy (non-hydrogen) atoms. The molecule has 2 aliphatic heterocycles. The first-order chi connectivity index (χ1) is 13.0. The van der Waals surface area contributed by atoms with Crippen LogP contribution in [0.1, 0.15) is 30.9 Å². The van der Waals surface area contributed by atoms with Crippen molar-refractivity contribution in [3.05, 3.63) is 69.8 Å². The number of fused-ring (bicyclic) bond motifs is 2. The highest BCUT2D eigenvalue weighted by molar-refractivity contribution is 6.07. The molecule has 7 heteroatoms. The molecule has 1 saturated heterocycles. The van der Waals surface area contributed by atoms with E-state index in [1.165, 1.54) is 0 Å². The van der Waals surface area contributed by atoms with Crippen LogP contribution in [-0.2, 0) is 10.3 Å². The van der Waals surface area contributed by atoms with E-state index in [0.29, 0.717) is 23.6 Å². The Hall–Kier alpha value is -2.93. The molecule has 2 heterocycles. The van der Waals surface area contributed by atoms with Crippen molar-refractivity contribution in [2.75, 3.05) is 11.9 Å². The lowest BCUT2D eigenvalue weighted by Gasteiger charge is -2.26.